The highest BCUT2D eigenvalue weighted by Gasteiger charge is 2.21. The summed E-state index contributed by atoms with van der Waals surface area (Å²) in [7, 11) is 0. The quantitative estimate of drug-likeness (QED) is 0.742. The lowest BCUT2D eigenvalue weighted by molar-refractivity contribution is 0.363. The lowest BCUT2D eigenvalue weighted by Crippen LogP contribution is -2.33. The first-order valence-corrected chi connectivity index (χ1v) is 8.46. The number of halogens is 1. The van der Waals surface area contributed by atoms with Crippen molar-refractivity contribution in [1.82, 2.24) is 9.78 Å². The SMILES string of the molecule is CCCCC(CC)C(N)Cc1c(Cl)c(CC)nn1CC. The van der Waals surface area contributed by atoms with Crippen LogP contribution < -0.4 is 5.73 Å². The van der Waals surface area contributed by atoms with Crippen molar-refractivity contribution in [1.29, 1.82) is 0 Å². The Kier molecular flexibility index (Phi) is 7.60. The van der Waals surface area contributed by atoms with Gasteiger partial charge in [0, 0.05) is 19.0 Å². The van der Waals surface area contributed by atoms with E-state index >= 15 is 0 Å². The van der Waals surface area contributed by atoms with Crippen LogP contribution in [-0.2, 0) is 19.4 Å². The van der Waals surface area contributed by atoms with E-state index < -0.39 is 0 Å². The van der Waals surface area contributed by atoms with Crippen LogP contribution in [0, 0.1) is 5.92 Å². The van der Waals surface area contributed by atoms with E-state index in [-0.39, 0.29) is 6.04 Å². The number of aromatic nitrogens is 2. The van der Waals surface area contributed by atoms with E-state index in [1.165, 1.54) is 19.3 Å². The third-order valence-electron chi connectivity index (χ3n) is 4.18. The summed E-state index contributed by atoms with van der Waals surface area (Å²) in [5.41, 5.74) is 8.56. The average Bonchev–Trinajstić information content (AvgIpc) is 2.76. The van der Waals surface area contributed by atoms with Gasteiger partial charge in [-0.3, -0.25) is 4.68 Å². The Balaban J connectivity index is 2.82. The number of aryl methyl sites for hydroxylation is 2. The van der Waals surface area contributed by atoms with Crippen molar-refractivity contribution in [2.75, 3.05) is 0 Å². The molecule has 0 aliphatic carbocycles. The predicted molar refractivity (Wildman–Crippen MR) is 87.3 cm³/mol. The monoisotopic (exact) mass is 299 g/mol. The second-order valence-corrected chi connectivity index (χ2v) is 5.93. The Hall–Kier alpha value is -0.540. The fourth-order valence-corrected chi connectivity index (χ4v) is 3.14. The molecule has 4 heteroatoms. The number of nitrogens with two attached hydrogens (primary N) is 1. The van der Waals surface area contributed by atoms with Gasteiger partial charge in [-0.05, 0) is 25.7 Å². The minimum atomic E-state index is 0.177. The molecule has 0 bridgehead atoms. The molecule has 20 heavy (non-hydrogen) atoms. The number of rotatable bonds is 9. The summed E-state index contributed by atoms with van der Waals surface area (Å²) >= 11 is 6.47. The van der Waals surface area contributed by atoms with Gasteiger partial charge in [0.1, 0.15) is 0 Å². The second-order valence-electron chi connectivity index (χ2n) is 5.56. The van der Waals surface area contributed by atoms with Crippen LogP contribution >= 0.6 is 11.6 Å². The number of hydrogen-bond donors (Lipinski definition) is 1. The molecule has 0 saturated heterocycles. The molecular weight excluding hydrogens is 270 g/mol. The van der Waals surface area contributed by atoms with Crippen LogP contribution in [0.25, 0.3) is 0 Å². The fraction of sp³-hybridized carbons (Fsp3) is 0.812. The van der Waals surface area contributed by atoms with E-state index in [2.05, 4.69) is 32.8 Å². The van der Waals surface area contributed by atoms with Crippen molar-refractivity contribution in [2.24, 2.45) is 11.7 Å². The van der Waals surface area contributed by atoms with Gasteiger partial charge in [0.25, 0.3) is 0 Å². The van der Waals surface area contributed by atoms with Crippen LogP contribution in [0.15, 0.2) is 0 Å². The molecule has 3 nitrogen and oxygen atoms in total. The Morgan fingerprint density at radius 2 is 1.95 bits per heavy atom. The Morgan fingerprint density at radius 1 is 1.25 bits per heavy atom. The minimum Gasteiger partial charge on any atom is -0.327 e. The first-order chi connectivity index (χ1) is 9.58. The summed E-state index contributed by atoms with van der Waals surface area (Å²) in [4.78, 5) is 0. The highest BCUT2D eigenvalue weighted by molar-refractivity contribution is 6.31. The zero-order valence-electron chi connectivity index (χ0n) is 13.5. The van der Waals surface area contributed by atoms with Gasteiger partial charge < -0.3 is 5.73 Å². The van der Waals surface area contributed by atoms with E-state index in [0.29, 0.717) is 5.92 Å². The normalized spacial score (nSPS) is 14.5. The number of nitrogens with zero attached hydrogens (tertiary/aromatic N) is 2. The molecule has 0 aromatic carbocycles. The smallest absolute Gasteiger partial charge is 0.0850 e. The molecule has 2 N–H and O–H groups in total. The van der Waals surface area contributed by atoms with Gasteiger partial charge in [0.15, 0.2) is 0 Å². The lowest BCUT2D eigenvalue weighted by Gasteiger charge is -2.23. The van der Waals surface area contributed by atoms with Crippen molar-refractivity contribution in [2.45, 2.75) is 78.8 Å². The molecule has 0 aliphatic heterocycles. The zero-order valence-corrected chi connectivity index (χ0v) is 14.2. The third-order valence-corrected chi connectivity index (χ3v) is 4.62. The van der Waals surface area contributed by atoms with Crippen molar-refractivity contribution >= 4 is 11.6 Å². The first kappa shape index (κ1) is 17.5. The second kappa shape index (κ2) is 8.68. The van der Waals surface area contributed by atoms with E-state index in [1.807, 2.05) is 4.68 Å². The van der Waals surface area contributed by atoms with Crippen LogP contribution in [0.5, 0.6) is 0 Å². The summed E-state index contributed by atoms with van der Waals surface area (Å²) in [6.45, 7) is 9.51. The maximum absolute atomic E-state index is 6.47. The van der Waals surface area contributed by atoms with Gasteiger partial charge in [-0.2, -0.15) is 5.10 Å². The summed E-state index contributed by atoms with van der Waals surface area (Å²) in [6, 6.07) is 0.177. The zero-order chi connectivity index (χ0) is 15.1. The summed E-state index contributed by atoms with van der Waals surface area (Å²) in [6.07, 6.45) is 6.55. The summed E-state index contributed by atoms with van der Waals surface area (Å²) in [5, 5.41) is 5.41. The Morgan fingerprint density at radius 3 is 2.45 bits per heavy atom. The molecule has 1 heterocycles. The van der Waals surface area contributed by atoms with Gasteiger partial charge in [-0.15, -0.1) is 0 Å². The topological polar surface area (TPSA) is 43.8 Å². The maximum atomic E-state index is 6.47. The van der Waals surface area contributed by atoms with Crippen LogP contribution in [0.4, 0.5) is 0 Å². The van der Waals surface area contributed by atoms with Crippen molar-refractivity contribution in [3.8, 4) is 0 Å². The Labute approximate surface area is 128 Å². The van der Waals surface area contributed by atoms with Crippen molar-refractivity contribution in [3.63, 3.8) is 0 Å². The average molecular weight is 300 g/mol. The highest BCUT2D eigenvalue weighted by atomic mass is 35.5. The van der Waals surface area contributed by atoms with E-state index in [1.54, 1.807) is 0 Å². The van der Waals surface area contributed by atoms with Gasteiger partial charge in [-0.25, -0.2) is 0 Å². The Bertz CT molecular complexity index is 401. The molecule has 2 unspecified atom stereocenters. The first-order valence-electron chi connectivity index (χ1n) is 8.08. The molecule has 0 aliphatic rings. The van der Waals surface area contributed by atoms with Crippen LogP contribution in [0.1, 0.15) is 64.8 Å². The number of hydrogen-bond acceptors (Lipinski definition) is 2. The molecule has 0 fully saturated rings. The van der Waals surface area contributed by atoms with Gasteiger partial charge in [0.2, 0.25) is 0 Å². The molecule has 0 saturated carbocycles. The largest absolute Gasteiger partial charge is 0.327 e. The molecule has 116 valence electrons. The maximum Gasteiger partial charge on any atom is 0.0850 e. The van der Waals surface area contributed by atoms with Gasteiger partial charge in [-0.1, -0.05) is 51.6 Å². The molecule has 1 aromatic heterocycles. The van der Waals surface area contributed by atoms with Gasteiger partial charge in [0.05, 0.1) is 16.4 Å². The van der Waals surface area contributed by atoms with Crippen molar-refractivity contribution in [3.05, 3.63) is 16.4 Å². The van der Waals surface area contributed by atoms with E-state index in [0.717, 1.165) is 42.2 Å². The molecular formula is C16H30ClN3. The molecule has 1 rings (SSSR count). The number of unbranched alkanes of at least 4 members (excludes halogenated alkanes) is 1. The van der Waals surface area contributed by atoms with E-state index in [9.17, 15) is 0 Å². The molecule has 0 spiro atoms. The standard InChI is InChI=1S/C16H30ClN3/c1-5-9-10-12(6-2)13(18)11-15-16(17)14(7-3)19-20(15)8-4/h12-13H,5-11,18H2,1-4H3. The summed E-state index contributed by atoms with van der Waals surface area (Å²) in [5.74, 6) is 0.580. The van der Waals surface area contributed by atoms with Crippen LogP contribution in [-0.4, -0.2) is 15.8 Å². The fourth-order valence-electron chi connectivity index (χ4n) is 2.79. The highest BCUT2D eigenvalue weighted by Crippen LogP contribution is 2.25. The van der Waals surface area contributed by atoms with Crippen molar-refractivity contribution < 1.29 is 0 Å². The lowest BCUT2D eigenvalue weighted by atomic mass is 9.89. The van der Waals surface area contributed by atoms with E-state index in [4.69, 9.17) is 17.3 Å². The molecule has 0 amide bonds. The predicted octanol–water partition coefficient (Wildman–Crippen LogP) is 4.21. The third kappa shape index (κ3) is 4.23. The summed E-state index contributed by atoms with van der Waals surface area (Å²) < 4.78 is 2.02. The van der Waals surface area contributed by atoms with Crippen LogP contribution in [0.2, 0.25) is 5.02 Å². The minimum absolute atomic E-state index is 0.177. The van der Waals surface area contributed by atoms with Crippen LogP contribution in [0.3, 0.4) is 0 Å². The molecule has 0 radical (unpaired) electrons. The molecule has 2 atom stereocenters. The molecule has 1 aromatic rings. The van der Waals surface area contributed by atoms with Gasteiger partial charge >= 0.3 is 0 Å².